The lowest BCUT2D eigenvalue weighted by Gasteiger charge is -2.33. The van der Waals surface area contributed by atoms with Crippen molar-refractivity contribution in [3.05, 3.63) is 54.4 Å². The summed E-state index contributed by atoms with van der Waals surface area (Å²) < 4.78 is 31.7. The summed E-state index contributed by atoms with van der Waals surface area (Å²) >= 11 is 0. The minimum absolute atomic E-state index is 0.0461. The average Bonchev–Trinajstić information content (AvgIpc) is 3.54. The molecule has 0 unspecified atom stereocenters. The number of hydrogen-bond donors (Lipinski definition) is 2. The fraction of sp³-hybridized carbons (Fsp3) is 0.364. The Bertz CT molecular complexity index is 1040. The summed E-state index contributed by atoms with van der Waals surface area (Å²) in [5, 5.41) is 7.12. The molecule has 3 N–H and O–H groups in total. The normalized spacial score (nSPS) is 24.8. The summed E-state index contributed by atoms with van der Waals surface area (Å²) in [4.78, 5) is 31.4. The number of halogens is 3. The van der Waals surface area contributed by atoms with Crippen LogP contribution >= 0.6 is 0 Å². The molecule has 170 valence electrons. The molecule has 10 heteroatoms. The first-order chi connectivity index (χ1) is 14.9. The zero-order chi connectivity index (χ0) is 23.7. The Morgan fingerprint density at radius 3 is 2.47 bits per heavy atom. The van der Waals surface area contributed by atoms with Crippen molar-refractivity contribution in [2.24, 2.45) is 16.6 Å². The summed E-state index contributed by atoms with van der Waals surface area (Å²) in [6.07, 6.45) is 0.0461. The van der Waals surface area contributed by atoms with Gasteiger partial charge in [-0.15, -0.1) is 0 Å². The quantitative estimate of drug-likeness (QED) is 0.748. The maximum atomic E-state index is 12.2. The largest absolute Gasteiger partial charge is 0.490 e. The molecule has 1 amide bonds. The summed E-state index contributed by atoms with van der Waals surface area (Å²) in [7, 11) is 1.68. The lowest BCUT2D eigenvalue weighted by Crippen LogP contribution is -2.49. The highest BCUT2D eigenvalue weighted by Crippen LogP contribution is 2.56. The Morgan fingerprint density at radius 1 is 1.25 bits per heavy atom. The molecular formula is C22H23F3N4O3. The molecule has 0 spiro atoms. The van der Waals surface area contributed by atoms with E-state index in [0.29, 0.717) is 24.2 Å². The highest BCUT2D eigenvalue weighted by molar-refractivity contribution is 5.98. The first kappa shape index (κ1) is 23.2. The molecule has 1 aromatic heterocycles. The predicted molar refractivity (Wildman–Crippen MR) is 112 cm³/mol. The molecule has 0 radical (unpaired) electrons. The third kappa shape index (κ3) is 5.06. The number of alkyl halides is 3. The van der Waals surface area contributed by atoms with Crippen LogP contribution in [0.1, 0.15) is 31.2 Å². The lowest BCUT2D eigenvalue weighted by atomic mass is 9.88. The number of aromatic nitrogens is 1. The van der Waals surface area contributed by atoms with E-state index in [1.165, 1.54) is 16.0 Å². The molecular weight excluding hydrogens is 425 g/mol. The lowest BCUT2D eigenvalue weighted by molar-refractivity contribution is -0.192. The number of benzene rings is 1. The van der Waals surface area contributed by atoms with Gasteiger partial charge >= 0.3 is 12.1 Å². The van der Waals surface area contributed by atoms with Gasteiger partial charge in [0.2, 0.25) is 5.91 Å². The number of rotatable bonds is 3. The van der Waals surface area contributed by atoms with Crippen molar-refractivity contribution < 1.29 is 27.9 Å². The van der Waals surface area contributed by atoms with Gasteiger partial charge in [-0.3, -0.25) is 14.7 Å². The Balaban J connectivity index is 0.000000360. The van der Waals surface area contributed by atoms with Gasteiger partial charge in [0, 0.05) is 19.4 Å². The molecule has 1 aromatic carbocycles. The summed E-state index contributed by atoms with van der Waals surface area (Å²) in [6, 6.07) is 12.6. The van der Waals surface area contributed by atoms with Gasteiger partial charge in [0.1, 0.15) is 0 Å². The van der Waals surface area contributed by atoms with Crippen LogP contribution in [0.25, 0.3) is 11.1 Å². The number of aliphatic carboxylic acids is 1. The topological polar surface area (TPSA) is 109 Å². The van der Waals surface area contributed by atoms with Crippen LogP contribution in [-0.2, 0) is 9.59 Å². The number of carboxylic acid groups (broad SMARTS) is 1. The van der Waals surface area contributed by atoms with Crippen molar-refractivity contribution in [1.29, 1.82) is 0 Å². The van der Waals surface area contributed by atoms with Crippen molar-refractivity contribution in [2.45, 2.75) is 37.4 Å². The van der Waals surface area contributed by atoms with Crippen molar-refractivity contribution in [3.63, 3.8) is 0 Å². The first-order valence-electron chi connectivity index (χ1n) is 9.85. The second-order valence-electron chi connectivity index (χ2n) is 8.08. The standard InChI is InChI=1S/C20H22N4O.C2HF3O2/c1-20(11-18(25)24(2)19(21)23-20)17-10-16(17)14-6-3-5-13(9-14)15-7-4-8-22-12-15;3-2(4,5)1(6)7/h3-9,12,16-17H,10-11H2,1-2H3,(H2,21,23);(H,6,7)/t16-,17+,20-;/m0./s1. The van der Waals surface area contributed by atoms with Gasteiger partial charge in [0.15, 0.2) is 5.96 Å². The van der Waals surface area contributed by atoms with Gasteiger partial charge < -0.3 is 10.8 Å². The Morgan fingerprint density at radius 2 is 1.91 bits per heavy atom. The summed E-state index contributed by atoms with van der Waals surface area (Å²) in [6.45, 7) is 2.06. The molecule has 0 saturated heterocycles. The summed E-state index contributed by atoms with van der Waals surface area (Å²) in [5.41, 5.74) is 9.13. The van der Waals surface area contributed by atoms with Crippen molar-refractivity contribution in [3.8, 4) is 11.1 Å². The molecule has 1 saturated carbocycles. The van der Waals surface area contributed by atoms with Crippen molar-refractivity contribution in [2.75, 3.05) is 7.05 Å². The maximum Gasteiger partial charge on any atom is 0.490 e. The fourth-order valence-electron chi connectivity index (χ4n) is 3.88. The van der Waals surface area contributed by atoms with Crippen molar-refractivity contribution in [1.82, 2.24) is 9.88 Å². The molecule has 2 heterocycles. The third-order valence-corrected chi connectivity index (χ3v) is 5.74. The van der Waals surface area contributed by atoms with Crippen LogP contribution in [0, 0.1) is 5.92 Å². The van der Waals surface area contributed by atoms with Crippen LogP contribution in [0.2, 0.25) is 0 Å². The molecule has 2 aromatic rings. The minimum Gasteiger partial charge on any atom is -0.475 e. The van der Waals surface area contributed by atoms with Crippen LogP contribution in [0.15, 0.2) is 53.8 Å². The predicted octanol–water partition coefficient (Wildman–Crippen LogP) is 3.42. The number of carbonyl (C=O) groups is 2. The van der Waals surface area contributed by atoms with E-state index in [1.807, 2.05) is 12.3 Å². The highest BCUT2D eigenvalue weighted by atomic mass is 19.4. The number of aliphatic imine (C=N–C) groups is 1. The number of guanidine groups is 1. The zero-order valence-corrected chi connectivity index (χ0v) is 17.5. The SMILES string of the molecule is CN1C(=O)C[C@@](C)([C@@H]2C[C@H]2c2cccc(-c3cccnc3)c2)N=C1N.O=C(O)C(F)(F)F. The number of amides is 1. The van der Waals surface area contributed by atoms with Gasteiger partial charge in [-0.2, -0.15) is 13.2 Å². The monoisotopic (exact) mass is 448 g/mol. The molecule has 1 aliphatic carbocycles. The number of nitrogens with two attached hydrogens (primary N) is 1. The van der Waals surface area contributed by atoms with E-state index in [4.69, 9.17) is 15.6 Å². The van der Waals surface area contributed by atoms with E-state index in [2.05, 4.69) is 47.2 Å². The third-order valence-electron chi connectivity index (χ3n) is 5.74. The second-order valence-corrected chi connectivity index (χ2v) is 8.08. The van der Waals surface area contributed by atoms with Crippen LogP contribution in [0.3, 0.4) is 0 Å². The second kappa shape index (κ2) is 8.60. The molecule has 7 nitrogen and oxygen atoms in total. The molecule has 4 rings (SSSR count). The zero-order valence-electron chi connectivity index (χ0n) is 17.5. The Kier molecular flexibility index (Phi) is 6.25. The summed E-state index contributed by atoms with van der Waals surface area (Å²) in [5.74, 6) is -1.60. The molecule has 32 heavy (non-hydrogen) atoms. The average molecular weight is 448 g/mol. The van der Waals surface area contributed by atoms with Gasteiger partial charge in [-0.05, 0) is 47.9 Å². The van der Waals surface area contributed by atoms with Gasteiger partial charge in [-0.1, -0.05) is 30.3 Å². The van der Waals surface area contributed by atoms with Crippen LogP contribution in [0.5, 0.6) is 0 Å². The highest BCUT2D eigenvalue weighted by Gasteiger charge is 2.53. The Hall–Kier alpha value is -3.43. The van der Waals surface area contributed by atoms with Crippen LogP contribution in [-0.4, -0.2) is 51.6 Å². The van der Waals surface area contributed by atoms with Gasteiger partial charge in [-0.25, -0.2) is 9.79 Å². The van der Waals surface area contributed by atoms with Crippen LogP contribution < -0.4 is 5.73 Å². The number of pyridine rings is 1. The smallest absolute Gasteiger partial charge is 0.475 e. The number of hydrogen-bond acceptors (Lipinski definition) is 5. The molecule has 1 aliphatic heterocycles. The maximum absolute atomic E-state index is 12.2. The van der Waals surface area contributed by atoms with Crippen LogP contribution in [0.4, 0.5) is 13.2 Å². The van der Waals surface area contributed by atoms with E-state index in [1.54, 1.807) is 13.2 Å². The van der Waals surface area contributed by atoms with Crippen molar-refractivity contribution >= 4 is 17.8 Å². The minimum atomic E-state index is -5.08. The van der Waals surface area contributed by atoms with Gasteiger partial charge in [0.05, 0.1) is 12.0 Å². The molecule has 1 fully saturated rings. The Labute approximate surface area is 182 Å². The van der Waals surface area contributed by atoms with E-state index < -0.39 is 17.7 Å². The molecule has 3 atom stereocenters. The molecule has 0 bridgehead atoms. The van der Waals surface area contributed by atoms with Gasteiger partial charge in [0.25, 0.3) is 0 Å². The van der Waals surface area contributed by atoms with E-state index in [0.717, 1.165) is 12.0 Å². The number of nitrogens with zero attached hydrogens (tertiary/aromatic N) is 3. The first-order valence-corrected chi connectivity index (χ1v) is 9.85. The van der Waals surface area contributed by atoms with E-state index in [-0.39, 0.29) is 5.91 Å². The van der Waals surface area contributed by atoms with E-state index >= 15 is 0 Å². The van der Waals surface area contributed by atoms with E-state index in [9.17, 15) is 18.0 Å². The number of carbonyl (C=O) groups excluding carboxylic acids is 1. The number of carboxylic acids is 1. The molecule has 2 aliphatic rings. The fourth-order valence-corrected chi connectivity index (χ4v) is 3.88.